The lowest BCUT2D eigenvalue weighted by Gasteiger charge is -2.09. The molecule has 92 valence electrons. The molecule has 0 aromatic heterocycles. The highest BCUT2D eigenvalue weighted by Crippen LogP contribution is 2.06. The number of carbonyl (C=O) groups is 3. The van der Waals surface area contributed by atoms with E-state index in [1.807, 2.05) is 0 Å². The van der Waals surface area contributed by atoms with Crippen LogP contribution in [0.25, 0.3) is 0 Å². The first-order valence-electron chi connectivity index (χ1n) is 4.93. The van der Waals surface area contributed by atoms with Gasteiger partial charge >= 0.3 is 12.0 Å². The molecular formula is C9H17N3O4. The molecule has 0 aromatic carbocycles. The number of nitrogens with one attached hydrogen (secondary N) is 2. The van der Waals surface area contributed by atoms with Gasteiger partial charge in [-0.25, -0.2) is 4.79 Å². The lowest BCUT2D eigenvalue weighted by atomic mass is 10.0. The second-order valence-electron chi connectivity index (χ2n) is 3.55. The fourth-order valence-corrected chi connectivity index (χ4v) is 1.15. The molecule has 0 saturated carbocycles. The number of rotatable bonds is 7. The normalized spacial score (nSPS) is 11.6. The van der Waals surface area contributed by atoms with Crippen LogP contribution in [0.15, 0.2) is 0 Å². The maximum absolute atomic E-state index is 11.2. The zero-order valence-electron chi connectivity index (χ0n) is 9.16. The number of carboxylic acid groups (broad SMARTS) is 1. The van der Waals surface area contributed by atoms with Crippen molar-refractivity contribution in [1.29, 1.82) is 0 Å². The maximum Gasteiger partial charge on any atom is 0.312 e. The van der Waals surface area contributed by atoms with Crippen LogP contribution in [-0.2, 0) is 9.59 Å². The van der Waals surface area contributed by atoms with Crippen LogP contribution in [0.4, 0.5) is 4.79 Å². The van der Waals surface area contributed by atoms with Gasteiger partial charge in [0.25, 0.3) is 0 Å². The van der Waals surface area contributed by atoms with Gasteiger partial charge in [-0.1, -0.05) is 6.92 Å². The number of carboxylic acids is 1. The predicted octanol–water partition coefficient (Wildman–Crippen LogP) is -0.728. The molecule has 0 rings (SSSR count). The lowest BCUT2D eigenvalue weighted by Crippen LogP contribution is -2.37. The first-order valence-corrected chi connectivity index (χ1v) is 4.93. The van der Waals surface area contributed by atoms with Gasteiger partial charge in [0.1, 0.15) is 0 Å². The maximum atomic E-state index is 11.2. The van der Waals surface area contributed by atoms with Crippen molar-refractivity contribution >= 4 is 17.9 Å². The molecule has 0 radical (unpaired) electrons. The van der Waals surface area contributed by atoms with Crippen LogP contribution in [0, 0.1) is 5.92 Å². The van der Waals surface area contributed by atoms with Gasteiger partial charge < -0.3 is 21.5 Å². The molecule has 0 fully saturated rings. The van der Waals surface area contributed by atoms with Crippen LogP contribution >= 0.6 is 0 Å². The van der Waals surface area contributed by atoms with Crippen LogP contribution in [0.3, 0.4) is 0 Å². The van der Waals surface area contributed by atoms with Gasteiger partial charge in [0.15, 0.2) is 0 Å². The Labute approximate surface area is 93.4 Å². The molecule has 1 unspecified atom stereocenters. The molecule has 16 heavy (non-hydrogen) atoms. The Balaban J connectivity index is 3.58. The molecule has 0 spiro atoms. The van der Waals surface area contributed by atoms with E-state index >= 15 is 0 Å². The van der Waals surface area contributed by atoms with Crippen molar-refractivity contribution in [3.63, 3.8) is 0 Å². The molecule has 0 bridgehead atoms. The molecule has 3 amide bonds. The molecule has 5 N–H and O–H groups in total. The number of hydrogen-bond donors (Lipinski definition) is 4. The fourth-order valence-electron chi connectivity index (χ4n) is 1.15. The standard InChI is InChI=1S/C9H17N3O4/c1-6(5-8(14)15)4-7(13)11-2-3-12-9(10)16/h6H,2-5H2,1H3,(H,11,13)(H,14,15)(H3,10,12,16). The zero-order chi connectivity index (χ0) is 12.6. The molecule has 0 aliphatic rings. The molecule has 0 saturated heterocycles. The number of urea groups is 1. The minimum atomic E-state index is -0.921. The summed E-state index contributed by atoms with van der Waals surface area (Å²) in [6.07, 6.45) is 0.121. The van der Waals surface area contributed by atoms with Crippen LogP contribution in [-0.4, -0.2) is 36.1 Å². The monoisotopic (exact) mass is 231 g/mol. The summed E-state index contributed by atoms with van der Waals surface area (Å²) in [7, 11) is 0. The van der Waals surface area contributed by atoms with E-state index in [-0.39, 0.29) is 37.8 Å². The number of aliphatic carboxylic acids is 1. The Bertz CT molecular complexity index is 267. The van der Waals surface area contributed by atoms with Crippen LogP contribution in [0.5, 0.6) is 0 Å². The quantitative estimate of drug-likeness (QED) is 0.431. The topological polar surface area (TPSA) is 122 Å². The lowest BCUT2D eigenvalue weighted by molar-refractivity contribution is -0.138. The second-order valence-corrected chi connectivity index (χ2v) is 3.55. The molecule has 0 aliphatic heterocycles. The highest BCUT2D eigenvalue weighted by atomic mass is 16.4. The van der Waals surface area contributed by atoms with Crippen molar-refractivity contribution in [3.8, 4) is 0 Å². The minimum Gasteiger partial charge on any atom is -0.481 e. The van der Waals surface area contributed by atoms with Crippen molar-refractivity contribution < 1.29 is 19.5 Å². The minimum absolute atomic E-state index is 0.0348. The van der Waals surface area contributed by atoms with Crippen molar-refractivity contribution in [2.45, 2.75) is 19.8 Å². The molecular weight excluding hydrogens is 214 g/mol. The predicted molar refractivity (Wildman–Crippen MR) is 56.6 cm³/mol. The molecule has 0 heterocycles. The van der Waals surface area contributed by atoms with E-state index in [2.05, 4.69) is 10.6 Å². The summed E-state index contributed by atoms with van der Waals surface area (Å²) in [4.78, 5) is 31.8. The van der Waals surface area contributed by atoms with Gasteiger partial charge in [-0.3, -0.25) is 9.59 Å². The molecule has 0 aliphatic carbocycles. The third-order valence-electron chi connectivity index (χ3n) is 1.80. The number of primary amides is 1. The Morgan fingerprint density at radius 3 is 2.25 bits per heavy atom. The van der Waals surface area contributed by atoms with Crippen molar-refractivity contribution in [2.75, 3.05) is 13.1 Å². The van der Waals surface area contributed by atoms with Crippen molar-refractivity contribution in [1.82, 2.24) is 10.6 Å². The Hall–Kier alpha value is -1.79. The SMILES string of the molecule is CC(CC(=O)O)CC(=O)NCCNC(N)=O. The largest absolute Gasteiger partial charge is 0.481 e. The average Bonchev–Trinajstić information content (AvgIpc) is 2.10. The summed E-state index contributed by atoms with van der Waals surface area (Å²) in [5, 5.41) is 13.3. The van der Waals surface area contributed by atoms with Crippen molar-refractivity contribution in [2.24, 2.45) is 11.7 Å². The van der Waals surface area contributed by atoms with Crippen molar-refractivity contribution in [3.05, 3.63) is 0 Å². The zero-order valence-corrected chi connectivity index (χ0v) is 9.16. The highest BCUT2D eigenvalue weighted by molar-refractivity contribution is 5.77. The number of amides is 3. The summed E-state index contributed by atoms with van der Waals surface area (Å²) < 4.78 is 0. The van der Waals surface area contributed by atoms with E-state index in [9.17, 15) is 14.4 Å². The van der Waals surface area contributed by atoms with Crippen LogP contribution in [0.2, 0.25) is 0 Å². The first kappa shape index (κ1) is 14.2. The van der Waals surface area contributed by atoms with E-state index in [4.69, 9.17) is 10.8 Å². The van der Waals surface area contributed by atoms with Gasteiger partial charge in [0.05, 0.1) is 0 Å². The first-order chi connectivity index (χ1) is 7.41. The van der Waals surface area contributed by atoms with Crippen LogP contribution < -0.4 is 16.4 Å². The van der Waals surface area contributed by atoms with Gasteiger partial charge in [0.2, 0.25) is 5.91 Å². The number of carbonyl (C=O) groups excluding carboxylic acids is 2. The summed E-state index contributed by atoms with van der Waals surface area (Å²) in [5.41, 5.74) is 4.82. The van der Waals surface area contributed by atoms with E-state index < -0.39 is 12.0 Å². The van der Waals surface area contributed by atoms with Gasteiger partial charge in [-0.15, -0.1) is 0 Å². The number of hydrogen-bond acceptors (Lipinski definition) is 3. The van der Waals surface area contributed by atoms with E-state index in [1.165, 1.54) is 0 Å². The Kier molecular flexibility index (Phi) is 6.66. The summed E-state index contributed by atoms with van der Waals surface area (Å²) >= 11 is 0. The second kappa shape index (κ2) is 7.49. The molecule has 7 nitrogen and oxygen atoms in total. The summed E-state index contributed by atoms with van der Waals surface area (Å²) in [6.45, 7) is 2.23. The van der Waals surface area contributed by atoms with Crippen LogP contribution in [0.1, 0.15) is 19.8 Å². The average molecular weight is 231 g/mol. The fraction of sp³-hybridized carbons (Fsp3) is 0.667. The van der Waals surface area contributed by atoms with Gasteiger partial charge in [-0.2, -0.15) is 0 Å². The molecule has 7 heteroatoms. The van der Waals surface area contributed by atoms with Gasteiger partial charge in [-0.05, 0) is 5.92 Å². The third-order valence-corrected chi connectivity index (χ3v) is 1.80. The smallest absolute Gasteiger partial charge is 0.312 e. The summed E-state index contributed by atoms with van der Waals surface area (Å²) in [6, 6.07) is -0.645. The van der Waals surface area contributed by atoms with E-state index in [0.29, 0.717) is 0 Å². The number of nitrogens with two attached hydrogens (primary N) is 1. The van der Waals surface area contributed by atoms with E-state index in [0.717, 1.165) is 0 Å². The Morgan fingerprint density at radius 2 is 1.75 bits per heavy atom. The summed E-state index contributed by atoms with van der Waals surface area (Å²) in [5.74, 6) is -1.36. The third kappa shape index (κ3) is 8.79. The van der Waals surface area contributed by atoms with E-state index in [1.54, 1.807) is 6.92 Å². The molecule has 1 atom stereocenters. The highest BCUT2D eigenvalue weighted by Gasteiger charge is 2.11. The Morgan fingerprint density at radius 1 is 1.19 bits per heavy atom. The molecule has 0 aromatic rings. The van der Waals surface area contributed by atoms with Gasteiger partial charge in [0, 0.05) is 25.9 Å².